The lowest BCUT2D eigenvalue weighted by molar-refractivity contribution is 0.0793. The first-order valence-corrected chi connectivity index (χ1v) is 7.43. The van der Waals surface area contributed by atoms with Crippen molar-refractivity contribution in [2.24, 2.45) is 0 Å². The van der Waals surface area contributed by atoms with Crippen LogP contribution in [0.4, 0.5) is 11.5 Å². The Morgan fingerprint density at radius 2 is 2.05 bits per heavy atom. The molecule has 5 heteroatoms. The molecule has 0 radical (unpaired) electrons. The molecule has 2 aromatic rings. The molecule has 0 saturated carbocycles. The molecule has 1 aliphatic rings. The maximum Gasteiger partial charge on any atom is 0.257 e. The van der Waals surface area contributed by atoms with E-state index in [-0.39, 0.29) is 5.91 Å². The molecule has 1 amide bonds. The summed E-state index contributed by atoms with van der Waals surface area (Å²) in [6.07, 6.45) is 3.83. The molecular weight excluding hydrogens is 278 g/mol. The van der Waals surface area contributed by atoms with E-state index in [4.69, 9.17) is 4.74 Å². The Kier molecular flexibility index (Phi) is 4.23. The number of aromatic nitrogens is 1. The number of rotatable bonds is 4. The second-order valence-corrected chi connectivity index (χ2v) is 5.26. The van der Waals surface area contributed by atoms with E-state index < -0.39 is 0 Å². The molecule has 2 heterocycles. The molecule has 1 aromatic heterocycles. The normalized spacial score (nSPS) is 14.0. The van der Waals surface area contributed by atoms with E-state index in [1.807, 2.05) is 35.2 Å². The maximum absolute atomic E-state index is 12.6. The predicted molar refractivity (Wildman–Crippen MR) is 85.7 cm³/mol. The van der Waals surface area contributed by atoms with Crippen molar-refractivity contribution in [3.8, 4) is 5.75 Å². The van der Waals surface area contributed by atoms with Crippen LogP contribution in [0, 0.1) is 0 Å². The van der Waals surface area contributed by atoms with E-state index >= 15 is 0 Å². The number of pyridine rings is 1. The summed E-state index contributed by atoms with van der Waals surface area (Å²) in [6, 6.07) is 11.2. The first kappa shape index (κ1) is 14.4. The minimum Gasteiger partial charge on any atom is -0.497 e. The number of carbonyl (C=O) groups excluding carboxylic acids is 1. The van der Waals surface area contributed by atoms with Gasteiger partial charge in [-0.05, 0) is 37.1 Å². The Bertz CT molecular complexity index is 666. The highest BCUT2D eigenvalue weighted by molar-refractivity contribution is 5.99. The first-order valence-electron chi connectivity index (χ1n) is 7.43. The lowest BCUT2D eigenvalue weighted by Gasteiger charge is -2.17. The van der Waals surface area contributed by atoms with Crippen LogP contribution >= 0.6 is 0 Å². The Morgan fingerprint density at radius 1 is 1.23 bits per heavy atom. The van der Waals surface area contributed by atoms with E-state index in [1.54, 1.807) is 19.4 Å². The van der Waals surface area contributed by atoms with Crippen LogP contribution in [0.3, 0.4) is 0 Å². The topological polar surface area (TPSA) is 54.5 Å². The molecular formula is C17H19N3O2. The highest BCUT2D eigenvalue weighted by Gasteiger charge is 2.22. The number of nitrogens with zero attached hydrogens (tertiary/aromatic N) is 2. The number of hydrogen-bond donors (Lipinski definition) is 1. The van der Waals surface area contributed by atoms with Gasteiger partial charge in [0.25, 0.3) is 5.91 Å². The van der Waals surface area contributed by atoms with Gasteiger partial charge in [-0.3, -0.25) is 4.79 Å². The lowest BCUT2D eigenvalue weighted by atomic mass is 10.2. The van der Waals surface area contributed by atoms with E-state index in [0.29, 0.717) is 11.4 Å². The molecule has 22 heavy (non-hydrogen) atoms. The number of benzene rings is 1. The van der Waals surface area contributed by atoms with E-state index in [2.05, 4.69) is 10.3 Å². The average molecular weight is 297 g/mol. The summed E-state index contributed by atoms with van der Waals surface area (Å²) in [5.41, 5.74) is 1.45. The van der Waals surface area contributed by atoms with Crippen molar-refractivity contribution in [3.05, 3.63) is 48.2 Å². The van der Waals surface area contributed by atoms with Gasteiger partial charge in [-0.1, -0.05) is 6.07 Å². The molecule has 5 nitrogen and oxygen atoms in total. The number of carbonyl (C=O) groups is 1. The fourth-order valence-corrected chi connectivity index (χ4v) is 2.61. The van der Waals surface area contributed by atoms with E-state index in [1.165, 1.54) is 0 Å². The van der Waals surface area contributed by atoms with E-state index in [0.717, 1.165) is 37.4 Å². The molecule has 1 aliphatic heterocycles. The Morgan fingerprint density at radius 3 is 2.82 bits per heavy atom. The van der Waals surface area contributed by atoms with Crippen LogP contribution in [-0.4, -0.2) is 36.0 Å². The summed E-state index contributed by atoms with van der Waals surface area (Å²) in [5.74, 6) is 1.37. The molecule has 0 bridgehead atoms. The number of ether oxygens (including phenoxy) is 1. The van der Waals surface area contributed by atoms with Crippen LogP contribution in [0.25, 0.3) is 0 Å². The van der Waals surface area contributed by atoms with Crippen molar-refractivity contribution in [1.82, 2.24) is 9.88 Å². The minimum atomic E-state index is 0.0380. The Balaban J connectivity index is 1.85. The third-order valence-electron chi connectivity index (χ3n) is 3.76. The fourth-order valence-electron chi connectivity index (χ4n) is 2.61. The molecule has 114 valence electrons. The third-order valence-corrected chi connectivity index (χ3v) is 3.76. The second-order valence-electron chi connectivity index (χ2n) is 5.26. The van der Waals surface area contributed by atoms with Crippen LogP contribution in [0.1, 0.15) is 23.2 Å². The zero-order valence-electron chi connectivity index (χ0n) is 12.6. The predicted octanol–water partition coefficient (Wildman–Crippen LogP) is 3.07. The molecule has 0 aliphatic carbocycles. The Hall–Kier alpha value is -2.56. The third kappa shape index (κ3) is 3.03. The minimum absolute atomic E-state index is 0.0380. The lowest BCUT2D eigenvalue weighted by Crippen LogP contribution is -2.28. The quantitative estimate of drug-likeness (QED) is 0.942. The van der Waals surface area contributed by atoms with Crippen LogP contribution in [0.5, 0.6) is 5.75 Å². The molecule has 1 aromatic carbocycles. The van der Waals surface area contributed by atoms with Crippen LogP contribution < -0.4 is 10.1 Å². The summed E-state index contributed by atoms with van der Waals surface area (Å²) in [6.45, 7) is 1.65. The number of likely N-dealkylation sites (tertiary alicyclic amines) is 1. The van der Waals surface area contributed by atoms with Crippen LogP contribution in [0.2, 0.25) is 0 Å². The van der Waals surface area contributed by atoms with Crippen molar-refractivity contribution >= 4 is 17.4 Å². The number of anilines is 2. The zero-order chi connectivity index (χ0) is 15.4. The number of amides is 1. The van der Waals surface area contributed by atoms with Crippen molar-refractivity contribution in [2.45, 2.75) is 12.8 Å². The SMILES string of the molecule is COc1cccc(Nc2ncccc2C(=O)N2CCCC2)c1. The van der Waals surface area contributed by atoms with Gasteiger partial charge >= 0.3 is 0 Å². The Labute approximate surface area is 129 Å². The van der Waals surface area contributed by atoms with Crippen molar-refractivity contribution in [1.29, 1.82) is 0 Å². The maximum atomic E-state index is 12.6. The molecule has 0 unspecified atom stereocenters. The number of nitrogens with one attached hydrogen (secondary N) is 1. The standard InChI is InChI=1S/C17H19N3O2/c1-22-14-7-4-6-13(12-14)19-16-15(8-5-9-18-16)17(21)20-10-2-3-11-20/h4-9,12H,2-3,10-11H2,1H3,(H,18,19). The molecule has 0 spiro atoms. The monoisotopic (exact) mass is 297 g/mol. The highest BCUT2D eigenvalue weighted by atomic mass is 16.5. The van der Waals surface area contributed by atoms with Gasteiger partial charge in [0.1, 0.15) is 11.6 Å². The summed E-state index contributed by atoms with van der Waals surface area (Å²) in [5, 5.41) is 3.21. The largest absolute Gasteiger partial charge is 0.497 e. The smallest absolute Gasteiger partial charge is 0.257 e. The van der Waals surface area contributed by atoms with Gasteiger partial charge < -0.3 is 15.0 Å². The van der Waals surface area contributed by atoms with Gasteiger partial charge in [0.05, 0.1) is 12.7 Å². The number of methoxy groups -OCH3 is 1. The fraction of sp³-hybridized carbons (Fsp3) is 0.294. The van der Waals surface area contributed by atoms with Crippen molar-refractivity contribution in [3.63, 3.8) is 0 Å². The van der Waals surface area contributed by atoms with Gasteiger partial charge in [-0.2, -0.15) is 0 Å². The summed E-state index contributed by atoms with van der Waals surface area (Å²) in [4.78, 5) is 18.8. The summed E-state index contributed by atoms with van der Waals surface area (Å²) in [7, 11) is 1.63. The summed E-state index contributed by atoms with van der Waals surface area (Å²) >= 11 is 0. The molecule has 1 saturated heterocycles. The zero-order valence-corrected chi connectivity index (χ0v) is 12.6. The van der Waals surface area contributed by atoms with Gasteiger partial charge in [0.2, 0.25) is 0 Å². The van der Waals surface area contributed by atoms with Gasteiger partial charge in [0, 0.05) is 31.0 Å². The van der Waals surface area contributed by atoms with E-state index in [9.17, 15) is 4.79 Å². The van der Waals surface area contributed by atoms with Crippen LogP contribution in [-0.2, 0) is 0 Å². The summed E-state index contributed by atoms with van der Waals surface area (Å²) < 4.78 is 5.22. The molecule has 0 atom stereocenters. The number of hydrogen-bond acceptors (Lipinski definition) is 4. The second kappa shape index (κ2) is 6.47. The van der Waals surface area contributed by atoms with Gasteiger partial charge in [-0.25, -0.2) is 4.98 Å². The van der Waals surface area contributed by atoms with Gasteiger partial charge in [-0.15, -0.1) is 0 Å². The van der Waals surface area contributed by atoms with Crippen molar-refractivity contribution < 1.29 is 9.53 Å². The first-order chi connectivity index (χ1) is 10.8. The van der Waals surface area contributed by atoms with Crippen molar-refractivity contribution in [2.75, 3.05) is 25.5 Å². The van der Waals surface area contributed by atoms with Crippen LogP contribution in [0.15, 0.2) is 42.6 Å². The molecule has 3 rings (SSSR count). The molecule has 1 fully saturated rings. The molecule has 1 N–H and O–H groups in total. The average Bonchev–Trinajstić information content (AvgIpc) is 3.09. The van der Waals surface area contributed by atoms with Gasteiger partial charge in [0.15, 0.2) is 0 Å². The highest BCUT2D eigenvalue weighted by Crippen LogP contribution is 2.24.